The fourth-order valence-corrected chi connectivity index (χ4v) is 3.52. The van der Waals surface area contributed by atoms with Gasteiger partial charge >= 0.3 is 0 Å². The number of amides is 1. The standard InChI is InChI=1S/C21H18N4O3S/c1-14-23-19(25-28-14)12-27-18-10-6-5-9-17(18)20(26)22-11-16-13-29-21(24-16)15-7-3-2-4-8-15/h2-10,13H,11-12H2,1H3,(H,22,26). The van der Waals surface area contributed by atoms with Crippen LogP contribution in [0.2, 0.25) is 0 Å². The van der Waals surface area contributed by atoms with Crippen molar-refractivity contribution in [2.24, 2.45) is 0 Å². The molecule has 0 atom stereocenters. The molecule has 4 rings (SSSR count). The lowest BCUT2D eigenvalue weighted by molar-refractivity contribution is 0.0945. The van der Waals surface area contributed by atoms with E-state index in [-0.39, 0.29) is 12.5 Å². The molecule has 0 aliphatic carbocycles. The molecule has 2 aromatic heterocycles. The highest BCUT2D eigenvalue weighted by molar-refractivity contribution is 7.13. The first-order valence-electron chi connectivity index (χ1n) is 8.98. The topological polar surface area (TPSA) is 90.1 Å². The second kappa shape index (κ2) is 8.66. The number of para-hydroxylation sites is 1. The molecule has 2 aromatic carbocycles. The highest BCUT2D eigenvalue weighted by atomic mass is 32.1. The van der Waals surface area contributed by atoms with Crippen molar-refractivity contribution in [2.75, 3.05) is 0 Å². The molecule has 0 unspecified atom stereocenters. The Labute approximate surface area is 171 Å². The average Bonchev–Trinajstić information content (AvgIpc) is 3.40. The summed E-state index contributed by atoms with van der Waals surface area (Å²) in [5.41, 5.74) is 2.31. The second-order valence-electron chi connectivity index (χ2n) is 6.21. The number of nitrogens with zero attached hydrogens (tertiary/aromatic N) is 3. The van der Waals surface area contributed by atoms with Gasteiger partial charge in [0.25, 0.3) is 5.91 Å². The van der Waals surface area contributed by atoms with Crippen molar-refractivity contribution in [1.82, 2.24) is 20.4 Å². The molecule has 0 saturated heterocycles. The van der Waals surface area contributed by atoms with Gasteiger partial charge in [0.05, 0.1) is 17.8 Å². The molecule has 0 fully saturated rings. The largest absolute Gasteiger partial charge is 0.485 e. The lowest BCUT2D eigenvalue weighted by atomic mass is 10.2. The summed E-state index contributed by atoms with van der Waals surface area (Å²) in [6, 6.07) is 17.0. The van der Waals surface area contributed by atoms with Crippen molar-refractivity contribution in [3.05, 3.63) is 82.9 Å². The smallest absolute Gasteiger partial charge is 0.255 e. The van der Waals surface area contributed by atoms with Gasteiger partial charge in [0.15, 0.2) is 6.61 Å². The Morgan fingerprint density at radius 2 is 1.90 bits per heavy atom. The maximum Gasteiger partial charge on any atom is 0.255 e. The molecule has 1 amide bonds. The summed E-state index contributed by atoms with van der Waals surface area (Å²) in [5.74, 6) is 1.11. The summed E-state index contributed by atoms with van der Waals surface area (Å²) in [6.45, 7) is 2.16. The Morgan fingerprint density at radius 1 is 1.10 bits per heavy atom. The van der Waals surface area contributed by atoms with Crippen LogP contribution in [0.15, 0.2) is 64.5 Å². The number of benzene rings is 2. The molecular weight excluding hydrogens is 388 g/mol. The number of thiazole rings is 1. The van der Waals surface area contributed by atoms with Gasteiger partial charge in [0.1, 0.15) is 10.8 Å². The molecule has 0 aliphatic heterocycles. The van der Waals surface area contributed by atoms with Crippen LogP contribution in [0.3, 0.4) is 0 Å². The first kappa shape index (κ1) is 18.8. The zero-order valence-corrected chi connectivity index (χ0v) is 16.5. The molecule has 0 radical (unpaired) electrons. The van der Waals surface area contributed by atoms with Crippen molar-refractivity contribution in [1.29, 1.82) is 0 Å². The SMILES string of the molecule is Cc1nc(COc2ccccc2C(=O)NCc2csc(-c3ccccc3)n2)no1. The summed E-state index contributed by atoms with van der Waals surface area (Å²) in [6.07, 6.45) is 0. The number of carbonyl (C=O) groups excluding carboxylic acids is 1. The maximum atomic E-state index is 12.7. The molecule has 146 valence electrons. The highest BCUT2D eigenvalue weighted by Crippen LogP contribution is 2.23. The van der Waals surface area contributed by atoms with Crippen molar-refractivity contribution >= 4 is 17.2 Å². The van der Waals surface area contributed by atoms with Crippen molar-refractivity contribution < 1.29 is 14.1 Å². The second-order valence-corrected chi connectivity index (χ2v) is 7.07. The predicted octanol–water partition coefficient (Wildman–Crippen LogP) is 4.01. The minimum Gasteiger partial charge on any atom is -0.485 e. The fraction of sp³-hybridized carbons (Fsp3) is 0.143. The molecule has 2 heterocycles. The summed E-state index contributed by atoms with van der Waals surface area (Å²) < 4.78 is 10.6. The number of carbonyl (C=O) groups is 1. The molecule has 1 N–H and O–H groups in total. The third kappa shape index (κ3) is 4.67. The van der Waals surface area contributed by atoms with E-state index in [4.69, 9.17) is 9.26 Å². The molecule has 0 bridgehead atoms. The lowest BCUT2D eigenvalue weighted by Crippen LogP contribution is -2.23. The van der Waals surface area contributed by atoms with Crippen LogP contribution in [0.5, 0.6) is 5.75 Å². The van der Waals surface area contributed by atoms with Crippen LogP contribution >= 0.6 is 11.3 Å². The van der Waals surface area contributed by atoms with Gasteiger partial charge < -0.3 is 14.6 Å². The van der Waals surface area contributed by atoms with Crippen molar-refractivity contribution in [2.45, 2.75) is 20.1 Å². The zero-order valence-electron chi connectivity index (χ0n) is 15.7. The van der Waals surface area contributed by atoms with Gasteiger partial charge in [-0.1, -0.05) is 47.6 Å². The third-order valence-electron chi connectivity index (χ3n) is 4.06. The molecule has 4 aromatic rings. The Hall–Kier alpha value is -3.52. The van der Waals surface area contributed by atoms with Gasteiger partial charge in [-0.2, -0.15) is 4.98 Å². The summed E-state index contributed by atoms with van der Waals surface area (Å²) in [4.78, 5) is 21.4. The first-order valence-corrected chi connectivity index (χ1v) is 9.86. The highest BCUT2D eigenvalue weighted by Gasteiger charge is 2.14. The van der Waals surface area contributed by atoms with Gasteiger partial charge in [-0.25, -0.2) is 4.98 Å². The van der Waals surface area contributed by atoms with Crippen LogP contribution in [-0.2, 0) is 13.2 Å². The van der Waals surface area contributed by atoms with Crippen molar-refractivity contribution in [3.8, 4) is 16.3 Å². The van der Waals surface area contributed by atoms with E-state index in [1.807, 2.05) is 35.7 Å². The number of aromatic nitrogens is 3. The molecule has 0 spiro atoms. The van der Waals surface area contributed by atoms with Gasteiger partial charge in [0.2, 0.25) is 11.7 Å². The zero-order chi connectivity index (χ0) is 20.1. The molecule has 29 heavy (non-hydrogen) atoms. The van der Waals surface area contributed by atoms with Gasteiger partial charge in [-0.15, -0.1) is 11.3 Å². The van der Waals surface area contributed by atoms with E-state index < -0.39 is 0 Å². The number of aryl methyl sites for hydroxylation is 1. The van der Waals surface area contributed by atoms with E-state index in [1.54, 1.807) is 42.5 Å². The van der Waals surface area contributed by atoms with Gasteiger partial charge in [-0.05, 0) is 12.1 Å². The number of rotatable bonds is 7. The number of nitrogens with one attached hydrogen (secondary N) is 1. The number of hydrogen-bond donors (Lipinski definition) is 1. The van der Waals surface area contributed by atoms with Crippen LogP contribution in [0.1, 0.15) is 27.8 Å². The van der Waals surface area contributed by atoms with E-state index in [1.165, 1.54) is 0 Å². The minimum absolute atomic E-state index is 0.119. The van der Waals surface area contributed by atoms with Crippen LogP contribution in [0, 0.1) is 6.92 Å². The third-order valence-corrected chi connectivity index (χ3v) is 5.00. The summed E-state index contributed by atoms with van der Waals surface area (Å²) in [7, 11) is 0. The Bertz CT molecular complexity index is 1110. The molecule has 8 heteroatoms. The van der Waals surface area contributed by atoms with Crippen LogP contribution in [0.4, 0.5) is 0 Å². The summed E-state index contributed by atoms with van der Waals surface area (Å²) in [5, 5.41) is 9.56. The molecule has 0 saturated carbocycles. The van der Waals surface area contributed by atoms with E-state index in [2.05, 4.69) is 20.4 Å². The molecule has 7 nitrogen and oxygen atoms in total. The molecule has 0 aliphatic rings. The van der Waals surface area contributed by atoms with E-state index >= 15 is 0 Å². The monoisotopic (exact) mass is 406 g/mol. The quantitative estimate of drug-likeness (QED) is 0.499. The fourth-order valence-electron chi connectivity index (χ4n) is 2.69. The maximum absolute atomic E-state index is 12.7. The van der Waals surface area contributed by atoms with Crippen LogP contribution in [0.25, 0.3) is 10.6 Å². The Balaban J connectivity index is 1.39. The Morgan fingerprint density at radius 3 is 2.69 bits per heavy atom. The molecular formula is C21H18N4O3S. The minimum atomic E-state index is -0.237. The van der Waals surface area contributed by atoms with E-state index in [0.717, 1.165) is 16.3 Å². The van der Waals surface area contributed by atoms with Gasteiger partial charge in [-0.3, -0.25) is 4.79 Å². The number of hydrogen-bond acceptors (Lipinski definition) is 7. The average molecular weight is 406 g/mol. The Kier molecular flexibility index (Phi) is 5.62. The van der Waals surface area contributed by atoms with Gasteiger partial charge in [0, 0.05) is 17.9 Å². The van der Waals surface area contributed by atoms with Crippen molar-refractivity contribution in [3.63, 3.8) is 0 Å². The van der Waals surface area contributed by atoms with Crippen LogP contribution in [-0.4, -0.2) is 21.0 Å². The van der Waals surface area contributed by atoms with Crippen LogP contribution < -0.4 is 10.1 Å². The summed E-state index contributed by atoms with van der Waals surface area (Å²) >= 11 is 1.55. The van der Waals surface area contributed by atoms with E-state index in [0.29, 0.717) is 29.6 Å². The lowest BCUT2D eigenvalue weighted by Gasteiger charge is -2.10. The predicted molar refractivity (Wildman–Crippen MR) is 109 cm³/mol. The van der Waals surface area contributed by atoms with E-state index in [9.17, 15) is 4.79 Å². The number of ether oxygens (including phenoxy) is 1. The normalized spacial score (nSPS) is 10.7. The first-order chi connectivity index (χ1) is 14.2.